The van der Waals surface area contributed by atoms with Gasteiger partial charge >= 0.3 is 0 Å². The van der Waals surface area contributed by atoms with E-state index in [2.05, 4.69) is 48.1 Å². The molecule has 1 heterocycles. The molecule has 0 radical (unpaired) electrons. The van der Waals surface area contributed by atoms with Crippen LogP contribution in [0, 0.1) is 11.8 Å². The van der Waals surface area contributed by atoms with Crippen LogP contribution in [0.25, 0.3) is 11.3 Å². The van der Waals surface area contributed by atoms with Gasteiger partial charge in [0.2, 0.25) is 0 Å². The number of aromatic nitrogens is 2. The molecule has 1 aliphatic rings. The standard InChI is InChI=1S/C26H38N2O/c1-3-5-6-9-18-29-25-11-8-7-10-24(25)26-23(19-27-20-28-26)17-16-22-14-12-21(4-2)13-15-22/h7-8,10-11,19-22H,3-6,9,12-18H2,1-2H3. The Kier molecular flexibility index (Phi) is 8.98. The maximum absolute atomic E-state index is 6.15. The van der Waals surface area contributed by atoms with Crippen LogP contribution >= 0.6 is 0 Å². The molecule has 0 spiro atoms. The predicted molar refractivity (Wildman–Crippen MR) is 121 cm³/mol. The summed E-state index contributed by atoms with van der Waals surface area (Å²) in [5.41, 5.74) is 3.41. The van der Waals surface area contributed by atoms with E-state index in [0.29, 0.717) is 0 Å². The molecule has 0 aliphatic heterocycles. The molecule has 3 heteroatoms. The average Bonchev–Trinajstić information content (AvgIpc) is 2.78. The van der Waals surface area contributed by atoms with Crippen molar-refractivity contribution in [3.05, 3.63) is 42.4 Å². The molecule has 0 amide bonds. The number of nitrogens with zero attached hydrogens (tertiary/aromatic N) is 2. The van der Waals surface area contributed by atoms with Gasteiger partial charge in [0.15, 0.2) is 0 Å². The molecule has 158 valence electrons. The number of hydrogen-bond donors (Lipinski definition) is 0. The quantitative estimate of drug-likeness (QED) is 0.376. The van der Waals surface area contributed by atoms with Crippen molar-refractivity contribution < 1.29 is 4.74 Å². The van der Waals surface area contributed by atoms with E-state index in [1.807, 2.05) is 6.20 Å². The fraction of sp³-hybridized carbons (Fsp3) is 0.615. The van der Waals surface area contributed by atoms with Crippen LogP contribution in [-0.2, 0) is 6.42 Å². The van der Waals surface area contributed by atoms with Crippen molar-refractivity contribution in [2.24, 2.45) is 11.8 Å². The van der Waals surface area contributed by atoms with Crippen molar-refractivity contribution >= 4 is 0 Å². The van der Waals surface area contributed by atoms with Gasteiger partial charge in [0.25, 0.3) is 0 Å². The average molecular weight is 395 g/mol. The second kappa shape index (κ2) is 11.9. The lowest BCUT2D eigenvalue weighted by atomic mass is 9.78. The maximum atomic E-state index is 6.15. The summed E-state index contributed by atoms with van der Waals surface area (Å²) < 4.78 is 6.15. The fourth-order valence-corrected chi connectivity index (χ4v) is 4.57. The highest BCUT2D eigenvalue weighted by molar-refractivity contribution is 5.69. The van der Waals surface area contributed by atoms with Crippen LogP contribution in [0.2, 0.25) is 0 Å². The molecule has 0 saturated heterocycles. The van der Waals surface area contributed by atoms with E-state index in [9.17, 15) is 0 Å². The van der Waals surface area contributed by atoms with Gasteiger partial charge in [0.05, 0.1) is 12.3 Å². The van der Waals surface area contributed by atoms with Gasteiger partial charge in [-0.25, -0.2) is 9.97 Å². The monoisotopic (exact) mass is 394 g/mol. The third-order valence-electron chi connectivity index (χ3n) is 6.55. The van der Waals surface area contributed by atoms with Crippen LogP contribution in [0.15, 0.2) is 36.8 Å². The highest BCUT2D eigenvalue weighted by Crippen LogP contribution is 2.35. The molecule has 0 bridgehead atoms. The molecule has 0 N–H and O–H groups in total. The molecule has 0 atom stereocenters. The lowest BCUT2D eigenvalue weighted by molar-refractivity contribution is 0.259. The van der Waals surface area contributed by atoms with E-state index in [4.69, 9.17) is 4.74 Å². The van der Waals surface area contributed by atoms with Gasteiger partial charge < -0.3 is 4.74 Å². The van der Waals surface area contributed by atoms with Crippen molar-refractivity contribution in [2.45, 2.75) is 84.5 Å². The number of unbranched alkanes of at least 4 members (excludes halogenated alkanes) is 3. The molecular formula is C26H38N2O. The van der Waals surface area contributed by atoms with Gasteiger partial charge in [-0.2, -0.15) is 0 Å². The summed E-state index contributed by atoms with van der Waals surface area (Å²) in [4.78, 5) is 9.00. The minimum Gasteiger partial charge on any atom is -0.493 e. The first-order chi connectivity index (χ1) is 14.3. The summed E-state index contributed by atoms with van der Waals surface area (Å²) in [7, 11) is 0. The summed E-state index contributed by atoms with van der Waals surface area (Å²) in [6.07, 6.45) is 17.8. The summed E-state index contributed by atoms with van der Waals surface area (Å²) in [6.45, 7) is 5.35. The summed E-state index contributed by atoms with van der Waals surface area (Å²) in [5, 5.41) is 0. The third kappa shape index (κ3) is 6.55. The van der Waals surface area contributed by atoms with Gasteiger partial charge in [-0.1, -0.05) is 77.3 Å². The Balaban J connectivity index is 1.64. The van der Waals surface area contributed by atoms with Crippen molar-refractivity contribution in [3.63, 3.8) is 0 Å². The van der Waals surface area contributed by atoms with Crippen LogP contribution in [0.3, 0.4) is 0 Å². The normalized spacial score (nSPS) is 19.2. The largest absolute Gasteiger partial charge is 0.493 e. The number of hydrogen-bond acceptors (Lipinski definition) is 3. The molecule has 3 nitrogen and oxygen atoms in total. The van der Waals surface area contributed by atoms with Gasteiger partial charge in [-0.05, 0) is 48.8 Å². The van der Waals surface area contributed by atoms with Crippen molar-refractivity contribution in [2.75, 3.05) is 6.61 Å². The van der Waals surface area contributed by atoms with E-state index >= 15 is 0 Å². The summed E-state index contributed by atoms with van der Waals surface area (Å²) >= 11 is 0. The Labute approximate surface area is 177 Å². The van der Waals surface area contributed by atoms with E-state index in [-0.39, 0.29) is 0 Å². The van der Waals surface area contributed by atoms with Crippen molar-refractivity contribution in [1.82, 2.24) is 9.97 Å². The molecule has 1 saturated carbocycles. The Morgan fingerprint density at radius 1 is 0.966 bits per heavy atom. The molecular weight excluding hydrogens is 356 g/mol. The Morgan fingerprint density at radius 2 is 1.76 bits per heavy atom. The summed E-state index contributed by atoms with van der Waals surface area (Å²) in [6, 6.07) is 8.35. The molecule has 2 aromatic rings. The Hall–Kier alpha value is -1.90. The van der Waals surface area contributed by atoms with Crippen LogP contribution in [-0.4, -0.2) is 16.6 Å². The fourth-order valence-electron chi connectivity index (χ4n) is 4.57. The van der Waals surface area contributed by atoms with Crippen LogP contribution < -0.4 is 4.74 Å². The maximum Gasteiger partial charge on any atom is 0.128 e. The number of benzene rings is 1. The first-order valence-electron chi connectivity index (χ1n) is 11.8. The van der Waals surface area contributed by atoms with Gasteiger partial charge in [0.1, 0.15) is 12.1 Å². The molecule has 0 unspecified atom stereocenters. The minimum absolute atomic E-state index is 0.776. The Morgan fingerprint density at radius 3 is 2.55 bits per heavy atom. The van der Waals surface area contributed by atoms with Gasteiger partial charge in [-0.15, -0.1) is 0 Å². The van der Waals surface area contributed by atoms with Gasteiger partial charge in [-0.3, -0.25) is 0 Å². The van der Waals surface area contributed by atoms with E-state index < -0.39 is 0 Å². The second-order valence-corrected chi connectivity index (χ2v) is 8.64. The first kappa shape index (κ1) is 21.8. The first-order valence-corrected chi connectivity index (χ1v) is 11.8. The van der Waals surface area contributed by atoms with E-state index in [0.717, 1.165) is 48.3 Å². The zero-order valence-electron chi connectivity index (χ0n) is 18.4. The SMILES string of the molecule is CCCCCCOc1ccccc1-c1ncncc1CCC1CCC(CC)CC1. The molecule has 1 aliphatic carbocycles. The van der Waals surface area contributed by atoms with Crippen LogP contribution in [0.5, 0.6) is 5.75 Å². The zero-order valence-corrected chi connectivity index (χ0v) is 18.4. The third-order valence-corrected chi connectivity index (χ3v) is 6.55. The summed E-state index contributed by atoms with van der Waals surface area (Å²) in [5.74, 6) is 2.77. The second-order valence-electron chi connectivity index (χ2n) is 8.64. The van der Waals surface area contributed by atoms with Gasteiger partial charge in [0, 0.05) is 11.8 Å². The molecule has 3 rings (SSSR count). The lowest BCUT2D eigenvalue weighted by Crippen LogP contribution is -2.14. The van der Waals surface area contributed by atoms with Crippen LogP contribution in [0.4, 0.5) is 0 Å². The van der Waals surface area contributed by atoms with Crippen molar-refractivity contribution in [1.29, 1.82) is 0 Å². The molecule has 1 fully saturated rings. The van der Waals surface area contributed by atoms with Crippen molar-refractivity contribution in [3.8, 4) is 17.0 Å². The highest BCUT2D eigenvalue weighted by Gasteiger charge is 2.20. The number of rotatable bonds is 11. The lowest BCUT2D eigenvalue weighted by Gasteiger charge is -2.27. The topological polar surface area (TPSA) is 35.0 Å². The number of ether oxygens (including phenoxy) is 1. The zero-order chi connectivity index (χ0) is 20.3. The Bertz CT molecular complexity index is 722. The highest BCUT2D eigenvalue weighted by atomic mass is 16.5. The molecule has 1 aromatic carbocycles. The van der Waals surface area contributed by atoms with Crippen LogP contribution in [0.1, 0.15) is 83.6 Å². The number of para-hydroxylation sites is 1. The smallest absolute Gasteiger partial charge is 0.128 e. The van der Waals surface area contributed by atoms with E-state index in [1.54, 1.807) is 6.33 Å². The predicted octanol–water partition coefficient (Wildman–Crippen LogP) is 7.25. The van der Waals surface area contributed by atoms with E-state index in [1.165, 1.54) is 63.4 Å². The molecule has 29 heavy (non-hydrogen) atoms. The molecule has 1 aromatic heterocycles. The number of aryl methyl sites for hydroxylation is 1. The minimum atomic E-state index is 0.776.